The van der Waals surface area contributed by atoms with Crippen molar-refractivity contribution in [3.8, 4) is 0 Å². The van der Waals surface area contributed by atoms with Crippen molar-refractivity contribution in [2.75, 3.05) is 5.73 Å². The molecule has 130 valence electrons. The van der Waals surface area contributed by atoms with Crippen LogP contribution in [-0.2, 0) is 6.54 Å². The molecule has 0 aliphatic heterocycles. The lowest BCUT2D eigenvalue weighted by Crippen LogP contribution is -2.23. The summed E-state index contributed by atoms with van der Waals surface area (Å²) in [5, 5.41) is 3.25. The van der Waals surface area contributed by atoms with Crippen LogP contribution in [-0.4, -0.2) is 25.3 Å². The number of rotatable bonds is 3. The number of carbonyl (C=O) groups is 1. The van der Waals surface area contributed by atoms with E-state index in [4.69, 9.17) is 5.73 Å². The van der Waals surface area contributed by atoms with Crippen LogP contribution in [0.5, 0.6) is 0 Å². The lowest BCUT2D eigenvalue weighted by atomic mass is 10.2. The number of fused-ring (bicyclic) bond motifs is 3. The maximum Gasteiger partial charge on any atom is 0.271 e. The molecule has 1 aromatic carbocycles. The molecule has 0 spiro atoms. The van der Waals surface area contributed by atoms with Crippen LogP contribution in [0.1, 0.15) is 21.9 Å². The Morgan fingerprint density at radius 2 is 2.00 bits per heavy atom. The molecule has 0 aliphatic carbocycles. The molecule has 8 heteroatoms. The number of nitrogen functional groups attached to an aromatic ring is 1. The first-order valence-corrected chi connectivity index (χ1v) is 7.96. The van der Waals surface area contributed by atoms with E-state index in [0.29, 0.717) is 11.0 Å². The number of aromatic nitrogens is 4. The largest absolute Gasteiger partial charge is 0.369 e. The molecule has 0 aliphatic rings. The van der Waals surface area contributed by atoms with Gasteiger partial charge in [0.1, 0.15) is 22.7 Å². The predicted octanol–water partition coefficient (Wildman–Crippen LogP) is 2.24. The van der Waals surface area contributed by atoms with E-state index in [1.54, 1.807) is 12.1 Å². The van der Waals surface area contributed by atoms with E-state index in [9.17, 15) is 9.18 Å². The molecule has 3 N–H and O–H groups in total. The summed E-state index contributed by atoms with van der Waals surface area (Å²) in [6.45, 7) is 2.16. The van der Waals surface area contributed by atoms with E-state index in [-0.39, 0.29) is 29.6 Å². The van der Waals surface area contributed by atoms with Crippen molar-refractivity contribution in [3.05, 3.63) is 65.5 Å². The number of aryl methyl sites for hydroxylation is 1. The zero-order chi connectivity index (χ0) is 18.3. The van der Waals surface area contributed by atoms with Gasteiger partial charge >= 0.3 is 0 Å². The molecule has 0 bridgehead atoms. The molecule has 7 nitrogen and oxygen atoms in total. The van der Waals surface area contributed by atoms with Gasteiger partial charge in [-0.25, -0.2) is 14.4 Å². The van der Waals surface area contributed by atoms with Gasteiger partial charge in [-0.2, -0.15) is 0 Å². The number of carbonyl (C=O) groups excluding carboxylic acids is 1. The van der Waals surface area contributed by atoms with E-state index in [2.05, 4.69) is 20.3 Å². The summed E-state index contributed by atoms with van der Waals surface area (Å²) in [6, 6.07) is 10.1. The van der Waals surface area contributed by atoms with Crippen molar-refractivity contribution in [1.29, 1.82) is 0 Å². The Hall–Kier alpha value is -3.55. The normalized spacial score (nSPS) is 11.2. The Bertz CT molecular complexity index is 1150. The van der Waals surface area contributed by atoms with Gasteiger partial charge in [0.25, 0.3) is 5.91 Å². The molecule has 3 aromatic heterocycles. The fraction of sp³-hybridized carbons (Fsp3) is 0.111. The molecular formula is C18H15FN6O. The lowest BCUT2D eigenvalue weighted by molar-refractivity contribution is 0.0946. The second kappa shape index (κ2) is 6.07. The monoisotopic (exact) mass is 350 g/mol. The topological polar surface area (TPSA) is 98.2 Å². The van der Waals surface area contributed by atoms with Crippen molar-refractivity contribution in [1.82, 2.24) is 24.7 Å². The number of para-hydroxylation sites is 1. The Morgan fingerprint density at radius 1 is 1.19 bits per heavy atom. The number of pyridine rings is 1. The van der Waals surface area contributed by atoms with Crippen LogP contribution in [0.3, 0.4) is 0 Å². The number of hydrogen-bond donors (Lipinski definition) is 2. The van der Waals surface area contributed by atoms with Crippen molar-refractivity contribution in [2.45, 2.75) is 13.5 Å². The smallest absolute Gasteiger partial charge is 0.271 e. The second-order valence-electron chi connectivity index (χ2n) is 5.88. The highest BCUT2D eigenvalue weighted by atomic mass is 19.1. The highest BCUT2D eigenvalue weighted by molar-refractivity contribution is 5.97. The molecule has 4 aromatic rings. The molecule has 0 atom stereocenters. The number of hydrogen-bond acceptors (Lipinski definition) is 5. The minimum Gasteiger partial charge on any atom is -0.369 e. The molecule has 0 fully saturated rings. The summed E-state index contributed by atoms with van der Waals surface area (Å²) in [5.74, 6) is -0.804. The molecular weight excluding hydrogens is 335 g/mol. The molecule has 3 heterocycles. The quantitative estimate of drug-likeness (QED) is 0.590. The third kappa shape index (κ3) is 2.71. The number of anilines is 1. The van der Waals surface area contributed by atoms with Gasteiger partial charge in [-0.15, -0.1) is 0 Å². The summed E-state index contributed by atoms with van der Waals surface area (Å²) in [5.41, 5.74) is 8.18. The van der Waals surface area contributed by atoms with Crippen molar-refractivity contribution >= 4 is 28.4 Å². The van der Waals surface area contributed by atoms with Gasteiger partial charge in [-0.1, -0.05) is 12.1 Å². The highest BCUT2D eigenvalue weighted by Crippen LogP contribution is 2.22. The summed E-state index contributed by atoms with van der Waals surface area (Å²) in [6.07, 6.45) is 1.49. The first-order valence-electron chi connectivity index (χ1n) is 7.96. The summed E-state index contributed by atoms with van der Waals surface area (Å²) < 4.78 is 15.4. The third-order valence-corrected chi connectivity index (χ3v) is 4.02. The average Bonchev–Trinajstić information content (AvgIpc) is 3.07. The number of benzene rings is 1. The molecule has 26 heavy (non-hydrogen) atoms. The van der Waals surface area contributed by atoms with E-state index in [1.165, 1.54) is 16.7 Å². The third-order valence-electron chi connectivity index (χ3n) is 4.02. The summed E-state index contributed by atoms with van der Waals surface area (Å²) in [4.78, 5) is 25.2. The molecule has 4 rings (SSSR count). The number of imidazole rings is 1. The fourth-order valence-electron chi connectivity index (χ4n) is 2.79. The summed E-state index contributed by atoms with van der Waals surface area (Å²) in [7, 11) is 0. The number of nitrogens with zero attached hydrogens (tertiary/aromatic N) is 4. The van der Waals surface area contributed by atoms with Crippen LogP contribution in [0.15, 0.2) is 42.6 Å². The number of amides is 1. The Kier molecular flexibility index (Phi) is 3.72. The number of nitrogens with two attached hydrogens (primary N) is 1. The highest BCUT2D eigenvalue weighted by Gasteiger charge is 2.16. The molecule has 0 radical (unpaired) electrons. The van der Waals surface area contributed by atoms with Crippen LogP contribution in [0, 0.1) is 12.7 Å². The first-order chi connectivity index (χ1) is 12.5. The maximum atomic E-state index is 14.0. The molecule has 0 unspecified atom stereocenters. The molecule has 1 amide bonds. The van der Waals surface area contributed by atoms with E-state index in [0.717, 1.165) is 11.4 Å². The second-order valence-corrected chi connectivity index (χ2v) is 5.88. The Labute approximate surface area is 147 Å². The van der Waals surface area contributed by atoms with Gasteiger partial charge in [0.2, 0.25) is 5.95 Å². The van der Waals surface area contributed by atoms with Crippen LogP contribution in [0.4, 0.5) is 10.3 Å². The van der Waals surface area contributed by atoms with Gasteiger partial charge in [0.05, 0.1) is 12.2 Å². The van der Waals surface area contributed by atoms with Crippen LogP contribution >= 0.6 is 0 Å². The van der Waals surface area contributed by atoms with E-state index in [1.807, 2.05) is 25.1 Å². The average molecular weight is 350 g/mol. The Morgan fingerprint density at radius 3 is 2.81 bits per heavy atom. The standard InChI is InChI=1S/C18H15FN6O/c1-10-4-2-5-11(22-10)8-21-17(26)14-9-25-16(23-14)12-6-3-7-13(19)15(12)24-18(25)20/h2-7,9H,8H2,1H3,(H2,20,24)(H,21,26). The van der Waals surface area contributed by atoms with Gasteiger partial charge in [-0.3, -0.25) is 14.2 Å². The number of nitrogens with one attached hydrogen (secondary N) is 1. The van der Waals surface area contributed by atoms with Crippen molar-refractivity contribution in [3.63, 3.8) is 0 Å². The molecule has 0 saturated carbocycles. The van der Waals surface area contributed by atoms with Crippen LogP contribution in [0.2, 0.25) is 0 Å². The van der Waals surface area contributed by atoms with Gasteiger partial charge in [0.15, 0.2) is 0 Å². The minimum absolute atomic E-state index is 0.0597. The Balaban J connectivity index is 1.68. The minimum atomic E-state index is -0.490. The van der Waals surface area contributed by atoms with Crippen LogP contribution < -0.4 is 11.1 Å². The van der Waals surface area contributed by atoms with E-state index >= 15 is 0 Å². The maximum absolute atomic E-state index is 14.0. The van der Waals surface area contributed by atoms with E-state index < -0.39 is 5.82 Å². The first kappa shape index (κ1) is 15.9. The zero-order valence-corrected chi connectivity index (χ0v) is 13.9. The summed E-state index contributed by atoms with van der Waals surface area (Å²) >= 11 is 0. The van der Waals surface area contributed by atoms with Gasteiger partial charge in [0, 0.05) is 17.3 Å². The SMILES string of the molecule is Cc1cccc(CNC(=O)c2cn3c(N)nc4c(F)cccc4c3n2)n1. The van der Waals surface area contributed by atoms with Crippen molar-refractivity contribution < 1.29 is 9.18 Å². The predicted molar refractivity (Wildman–Crippen MR) is 95.0 cm³/mol. The van der Waals surface area contributed by atoms with Gasteiger partial charge in [-0.05, 0) is 31.2 Å². The number of halogens is 1. The van der Waals surface area contributed by atoms with Gasteiger partial charge < -0.3 is 11.1 Å². The van der Waals surface area contributed by atoms with Crippen LogP contribution in [0.25, 0.3) is 16.6 Å². The lowest BCUT2D eigenvalue weighted by Gasteiger charge is -2.03. The van der Waals surface area contributed by atoms with Crippen molar-refractivity contribution in [2.24, 2.45) is 0 Å². The zero-order valence-electron chi connectivity index (χ0n) is 13.9. The fourth-order valence-corrected chi connectivity index (χ4v) is 2.79. The molecule has 0 saturated heterocycles.